The molecule has 1 N–H and O–H groups in total. The Morgan fingerprint density at radius 2 is 1.89 bits per heavy atom. The second-order valence-corrected chi connectivity index (χ2v) is 6.97. The molecule has 1 aromatic carbocycles. The zero-order valence-corrected chi connectivity index (χ0v) is 15.6. The molecule has 6 heteroatoms. The van der Waals surface area contributed by atoms with E-state index in [1.807, 2.05) is 12.4 Å². The van der Waals surface area contributed by atoms with E-state index in [1.165, 1.54) is 31.4 Å². The number of anilines is 1. The summed E-state index contributed by atoms with van der Waals surface area (Å²) in [6.45, 7) is 0.357. The summed E-state index contributed by atoms with van der Waals surface area (Å²) in [7, 11) is 0. The normalized spacial score (nSPS) is 14.6. The van der Waals surface area contributed by atoms with Crippen molar-refractivity contribution in [3.8, 4) is 35.0 Å². The van der Waals surface area contributed by atoms with E-state index in [1.54, 1.807) is 18.3 Å². The summed E-state index contributed by atoms with van der Waals surface area (Å²) in [4.78, 5) is 13.6. The molecular formula is C22H22FN5. The molecule has 0 spiro atoms. The van der Waals surface area contributed by atoms with Gasteiger partial charge in [0.15, 0.2) is 0 Å². The summed E-state index contributed by atoms with van der Waals surface area (Å²) in [5.74, 6) is 2.75. The van der Waals surface area contributed by atoms with Crippen molar-refractivity contribution in [2.24, 2.45) is 0 Å². The first-order valence-electron chi connectivity index (χ1n) is 9.60. The third-order valence-electron chi connectivity index (χ3n) is 5.13. The van der Waals surface area contributed by atoms with E-state index < -0.39 is 0 Å². The van der Waals surface area contributed by atoms with E-state index >= 15 is 0 Å². The monoisotopic (exact) mass is 375 g/mol. The second kappa shape index (κ2) is 8.22. The predicted molar refractivity (Wildman–Crippen MR) is 108 cm³/mol. The van der Waals surface area contributed by atoms with Gasteiger partial charge >= 0.3 is 0 Å². The Morgan fingerprint density at radius 1 is 1.11 bits per heavy atom. The lowest BCUT2D eigenvalue weighted by atomic mass is 9.95. The lowest BCUT2D eigenvalue weighted by Crippen LogP contribution is -2.14. The molecule has 0 aliphatic heterocycles. The van der Waals surface area contributed by atoms with Crippen LogP contribution in [0.3, 0.4) is 0 Å². The molecule has 0 atom stereocenters. The minimum atomic E-state index is -0.264. The molecule has 0 radical (unpaired) electrons. The van der Waals surface area contributed by atoms with Gasteiger partial charge in [-0.2, -0.15) is 0 Å². The van der Waals surface area contributed by atoms with Crippen molar-refractivity contribution in [1.82, 2.24) is 19.5 Å². The molecule has 0 bridgehead atoms. The van der Waals surface area contributed by atoms with Crippen LogP contribution in [0.2, 0.25) is 0 Å². The standard InChI is InChI=1S/C22H22FN5/c1-2-13-24-22-25-14-12-19(27-22)21-20(16-8-10-17(23)11-9-16)26-15-28(21)18-6-4-3-5-7-18/h1,8-12,14-15,18H,3-7,13H2,(H,24,25,27). The minimum absolute atomic E-state index is 0.264. The number of benzene rings is 1. The Bertz CT molecular complexity index is 981. The fourth-order valence-corrected chi connectivity index (χ4v) is 3.78. The number of nitrogens with zero attached hydrogens (tertiary/aromatic N) is 4. The average Bonchev–Trinajstić information content (AvgIpc) is 3.19. The molecule has 0 saturated heterocycles. The van der Waals surface area contributed by atoms with Gasteiger partial charge in [-0.1, -0.05) is 25.2 Å². The first-order valence-corrected chi connectivity index (χ1v) is 9.60. The molecule has 142 valence electrons. The smallest absolute Gasteiger partial charge is 0.224 e. The largest absolute Gasteiger partial charge is 0.343 e. The van der Waals surface area contributed by atoms with Crippen LogP contribution in [-0.4, -0.2) is 26.1 Å². The van der Waals surface area contributed by atoms with Crippen LogP contribution in [0.5, 0.6) is 0 Å². The third kappa shape index (κ3) is 3.74. The Kier molecular flexibility index (Phi) is 5.34. The number of nitrogens with one attached hydrogen (secondary N) is 1. The SMILES string of the molecule is C#CCNc1nccc(-c2c(-c3ccc(F)cc3)ncn2C2CCCCC2)n1. The topological polar surface area (TPSA) is 55.6 Å². The van der Waals surface area contributed by atoms with Crippen molar-refractivity contribution in [2.75, 3.05) is 11.9 Å². The van der Waals surface area contributed by atoms with Crippen LogP contribution in [0.15, 0.2) is 42.9 Å². The molecule has 1 aliphatic carbocycles. The quantitative estimate of drug-likeness (QED) is 0.657. The van der Waals surface area contributed by atoms with E-state index in [4.69, 9.17) is 6.42 Å². The summed E-state index contributed by atoms with van der Waals surface area (Å²) in [5, 5.41) is 3.02. The lowest BCUT2D eigenvalue weighted by Gasteiger charge is -2.25. The second-order valence-electron chi connectivity index (χ2n) is 6.97. The average molecular weight is 375 g/mol. The van der Waals surface area contributed by atoms with Crippen molar-refractivity contribution in [3.05, 3.63) is 48.7 Å². The molecule has 2 aromatic heterocycles. The molecule has 2 heterocycles. The minimum Gasteiger partial charge on any atom is -0.343 e. The number of hydrogen-bond acceptors (Lipinski definition) is 4. The molecule has 28 heavy (non-hydrogen) atoms. The van der Waals surface area contributed by atoms with E-state index in [9.17, 15) is 4.39 Å². The van der Waals surface area contributed by atoms with Gasteiger partial charge in [0.2, 0.25) is 5.95 Å². The number of aromatic nitrogens is 4. The summed E-state index contributed by atoms with van der Waals surface area (Å²) in [6.07, 6.45) is 14.9. The van der Waals surface area contributed by atoms with Crippen molar-refractivity contribution >= 4 is 5.95 Å². The van der Waals surface area contributed by atoms with Crippen LogP contribution in [0, 0.1) is 18.2 Å². The maximum atomic E-state index is 13.4. The first kappa shape index (κ1) is 18.2. The van der Waals surface area contributed by atoms with Crippen LogP contribution in [0.25, 0.3) is 22.6 Å². The van der Waals surface area contributed by atoms with Gasteiger partial charge in [-0.25, -0.2) is 19.3 Å². The van der Waals surface area contributed by atoms with Crippen molar-refractivity contribution in [1.29, 1.82) is 0 Å². The Hall–Kier alpha value is -3.20. The highest BCUT2D eigenvalue weighted by Gasteiger charge is 2.23. The Labute approximate surface area is 164 Å². The first-order chi connectivity index (χ1) is 13.8. The van der Waals surface area contributed by atoms with Crippen molar-refractivity contribution in [3.63, 3.8) is 0 Å². The molecule has 0 amide bonds. The van der Waals surface area contributed by atoms with E-state index in [-0.39, 0.29) is 5.82 Å². The zero-order chi connectivity index (χ0) is 19.3. The van der Waals surface area contributed by atoms with Gasteiger partial charge in [-0.3, -0.25) is 0 Å². The number of terminal acetylenes is 1. The summed E-state index contributed by atoms with van der Waals surface area (Å²) in [5.41, 5.74) is 3.37. The van der Waals surface area contributed by atoms with E-state index in [0.29, 0.717) is 18.5 Å². The Balaban J connectivity index is 1.81. The molecule has 0 unspecified atom stereocenters. The molecular weight excluding hydrogens is 353 g/mol. The van der Waals surface area contributed by atoms with Crippen LogP contribution in [0.4, 0.5) is 10.3 Å². The van der Waals surface area contributed by atoms with Crippen LogP contribution < -0.4 is 5.32 Å². The number of rotatable bonds is 5. The summed E-state index contributed by atoms with van der Waals surface area (Å²) < 4.78 is 15.6. The van der Waals surface area contributed by atoms with Crippen molar-refractivity contribution in [2.45, 2.75) is 38.1 Å². The molecule has 1 fully saturated rings. The number of hydrogen-bond donors (Lipinski definition) is 1. The summed E-state index contributed by atoms with van der Waals surface area (Å²) >= 11 is 0. The Morgan fingerprint density at radius 3 is 2.64 bits per heavy atom. The van der Waals surface area contributed by atoms with Crippen LogP contribution >= 0.6 is 0 Å². The number of imidazole rings is 1. The van der Waals surface area contributed by atoms with Crippen LogP contribution in [-0.2, 0) is 0 Å². The van der Waals surface area contributed by atoms with Gasteiger partial charge in [0.25, 0.3) is 0 Å². The highest BCUT2D eigenvalue weighted by molar-refractivity contribution is 5.77. The van der Waals surface area contributed by atoms with Gasteiger partial charge in [0.05, 0.1) is 30.0 Å². The molecule has 1 aliphatic rings. The van der Waals surface area contributed by atoms with Gasteiger partial charge in [-0.15, -0.1) is 6.42 Å². The molecule has 4 rings (SSSR count). The van der Waals surface area contributed by atoms with Gasteiger partial charge in [-0.05, 0) is 43.2 Å². The van der Waals surface area contributed by atoms with Gasteiger partial charge in [0, 0.05) is 17.8 Å². The fraction of sp³-hybridized carbons (Fsp3) is 0.318. The lowest BCUT2D eigenvalue weighted by molar-refractivity contribution is 0.355. The molecule has 5 nitrogen and oxygen atoms in total. The molecule has 3 aromatic rings. The van der Waals surface area contributed by atoms with Crippen LogP contribution in [0.1, 0.15) is 38.1 Å². The fourth-order valence-electron chi connectivity index (χ4n) is 3.78. The maximum absolute atomic E-state index is 13.4. The predicted octanol–water partition coefficient (Wildman–Crippen LogP) is 4.70. The van der Waals surface area contributed by atoms with Gasteiger partial charge < -0.3 is 9.88 Å². The van der Waals surface area contributed by atoms with E-state index in [0.717, 1.165) is 35.5 Å². The highest BCUT2D eigenvalue weighted by atomic mass is 19.1. The zero-order valence-electron chi connectivity index (χ0n) is 15.6. The molecule has 1 saturated carbocycles. The number of halogens is 1. The maximum Gasteiger partial charge on any atom is 0.224 e. The van der Waals surface area contributed by atoms with Crippen molar-refractivity contribution < 1.29 is 4.39 Å². The van der Waals surface area contributed by atoms with E-state index in [2.05, 4.69) is 30.8 Å². The van der Waals surface area contributed by atoms with Gasteiger partial charge in [0.1, 0.15) is 5.82 Å². The summed E-state index contributed by atoms with van der Waals surface area (Å²) in [6, 6.07) is 8.69. The highest BCUT2D eigenvalue weighted by Crippen LogP contribution is 2.37. The third-order valence-corrected chi connectivity index (χ3v) is 5.13.